The van der Waals surface area contributed by atoms with Crippen LogP contribution in [0.2, 0.25) is 5.02 Å². The minimum Gasteiger partial charge on any atom is -0.465 e. The molecule has 3 aliphatic rings. The number of ether oxygens (including phenoxy) is 1. The molecule has 6 amide bonds. The van der Waals surface area contributed by atoms with Crippen molar-refractivity contribution in [1.82, 2.24) is 20.0 Å². The number of fused-ring (bicyclic) bond motifs is 1. The molecule has 1 atom stereocenters. The van der Waals surface area contributed by atoms with Gasteiger partial charge in [0.25, 0.3) is 11.8 Å². The number of nitrogens with zero attached hydrogens (tertiary/aromatic N) is 3. The van der Waals surface area contributed by atoms with Gasteiger partial charge < -0.3 is 30.3 Å². The lowest BCUT2D eigenvalue weighted by molar-refractivity contribution is -0.167. The molecule has 3 N–H and O–H groups in total. The van der Waals surface area contributed by atoms with E-state index < -0.39 is 48.6 Å². The first-order valence-corrected chi connectivity index (χ1v) is 14.6. The Bertz CT molecular complexity index is 1520. The zero-order valence-electron chi connectivity index (χ0n) is 24.0. The van der Waals surface area contributed by atoms with Gasteiger partial charge in [0, 0.05) is 48.9 Å². The molecule has 0 saturated carbocycles. The number of aryl methyl sites for hydroxylation is 1. The van der Waals surface area contributed by atoms with Crippen LogP contribution in [0.25, 0.3) is 0 Å². The van der Waals surface area contributed by atoms with E-state index in [4.69, 9.17) is 21.4 Å². The highest BCUT2D eigenvalue weighted by atomic mass is 35.5. The molecular weight excluding hydrogens is 594 g/mol. The Morgan fingerprint density at radius 3 is 2.50 bits per heavy atom. The summed E-state index contributed by atoms with van der Waals surface area (Å²) in [7, 11) is 0. The second kappa shape index (κ2) is 12.9. The smallest absolute Gasteiger partial charge is 0.407 e. The lowest BCUT2D eigenvalue weighted by Crippen LogP contribution is -2.55. The van der Waals surface area contributed by atoms with E-state index in [-0.39, 0.29) is 44.9 Å². The van der Waals surface area contributed by atoms with E-state index >= 15 is 0 Å². The lowest BCUT2D eigenvalue weighted by Gasteiger charge is -2.35. The van der Waals surface area contributed by atoms with Gasteiger partial charge in [0.1, 0.15) is 6.04 Å². The van der Waals surface area contributed by atoms with Crippen molar-refractivity contribution in [1.29, 1.82) is 0 Å². The average Bonchev–Trinajstić information content (AvgIpc) is 3.32. The van der Waals surface area contributed by atoms with Crippen molar-refractivity contribution in [2.45, 2.75) is 51.7 Å². The van der Waals surface area contributed by atoms with Crippen molar-refractivity contribution in [3.8, 4) is 0 Å². The maximum absolute atomic E-state index is 13.3. The van der Waals surface area contributed by atoms with E-state index in [2.05, 4.69) is 10.6 Å². The monoisotopic (exact) mass is 625 g/mol. The van der Waals surface area contributed by atoms with Gasteiger partial charge >= 0.3 is 18.1 Å². The van der Waals surface area contributed by atoms with Gasteiger partial charge in [0.2, 0.25) is 5.91 Å². The number of hydrogen-bond acceptors (Lipinski definition) is 7. The third-order valence-electron chi connectivity index (χ3n) is 8.18. The minimum absolute atomic E-state index is 0.00155. The van der Waals surface area contributed by atoms with Gasteiger partial charge in [-0.15, -0.1) is 0 Å². The summed E-state index contributed by atoms with van der Waals surface area (Å²) in [6.45, 7) is 2.04. The number of likely N-dealkylation sites (tertiary alicyclic amines) is 2. The van der Waals surface area contributed by atoms with Gasteiger partial charge in [-0.1, -0.05) is 29.8 Å². The molecule has 0 aromatic heterocycles. The van der Waals surface area contributed by atoms with Gasteiger partial charge in [0.05, 0.1) is 5.92 Å². The summed E-state index contributed by atoms with van der Waals surface area (Å²) in [6.07, 6.45) is -0.319. The zero-order chi connectivity index (χ0) is 31.5. The number of carboxylic acid groups (broad SMARTS) is 1. The molecule has 1 unspecified atom stereocenters. The van der Waals surface area contributed by atoms with Crippen LogP contribution in [0, 0.1) is 12.8 Å². The number of anilines is 1. The SMILES string of the molecule is Cc1ccc(NC(=O)NCc2ccc3c(c2)CN(C2CCC(=O)N(COC(=O)C4CCN(C(=O)O)CC4)C2=O)C3=O)cc1Cl. The molecule has 0 aliphatic carbocycles. The minimum atomic E-state index is -1.05. The molecule has 13 nitrogen and oxygen atoms in total. The summed E-state index contributed by atoms with van der Waals surface area (Å²) >= 11 is 6.12. The molecular formula is C30H32ClN5O8. The topological polar surface area (TPSA) is 166 Å². The number of carbonyl (C=O) groups is 6. The van der Waals surface area contributed by atoms with Crippen molar-refractivity contribution >= 4 is 53.1 Å². The second-order valence-electron chi connectivity index (χ2n) is 11.0. The maximum atomic E-state index is 13.3. The second-order valence-corrected chi connectivity index (χ2v) is 11.5. The highest BCUT2D eigenvalue weighted by molar-refractivity contribution is 6.31. The first kappa shape index (κ1) is 30.8. The van der Waals surface area contributed by atoms with Crippen LogP contribution in [-0.4, -0.2) is 81.5 Å². The van der Waals surface area contributed by atoms with Crippen LogP contribution in [0.3, 0.4) is 0 Å². The predicted octanol–water partition coefficient (Wildman–Crippen LogP) is 3.33. The van der Waals surface area contributed by atoms with Gasteiger partial charge in [-0.25, -0.2) is 14.5 Å². The quantitative estimate of drug-likeness (QED) is 0.311. The standard InChI is InChI=1S/C30H32ClN5O8/c1-17-2-4-21(13-23(17)31)33-29(41)32-14-18-3-5-22-20(12-18)15-35(26(22)38)24-6-7-25(37)36(27(24)39)16-44-28(40)19-8-10-34(11-9-19)30(42)43/h2-5,12-13,19,24H,6-11,14-16H2,1H3,(H,42,43)(H2,32,33,41). The van der Waals surface area contributed by atoms with Crippen LogP contribution in [0.5, 0.6) is 0 Å². The number of amides is 6. The summed E-state index contributed by atoms with van der Waals surface area (Å²) in [5.41, 5.74) is 3.32. The molecule has 0 spiro atoms. The molecule has 3 aliphatic heterocycles. The van der Waals surface area contributed by atoms with Crippen LogP contribution in [0.4, 0.5) is 15.3 Å². The molecule has 232 valence electrons. The van der Waals surface area contributed by atoms with E-state index in [0.717, 1.165) is 16.0 Å². The Kier molecular flexibility index (Phi) is 9.04. The Morgan fingerprint density at radius 1 is 1.05 bits per heavy atom. The lowest BCUT2D eigenvalue weighted by atomic mass is 9.97. The molecule has 2 aromatic rings. The third kappa shape index (κ3) is 6.62. The maximum Gasteiger partial charge on any atom is 0.407 e. The number of imide groups is 1. The van der Waals surface area contributed by atoms with Crippen molar-refractivity contribution < 1.29 is 38.6 Å². The van der Waals surface area contributed by atoms with Crippen LogP contribution in [-0.2, 0) is 32.2 Å². The highest BCUT2D eigenvalue weighted by Gasteiger charge is 2.43. The van der Waals surface area contributed by atoms with Gasteiger partial charge in [-0.05, 0) is 61.1 Å². The number of urea groups is 1. The van der Waals surface area contributed by atoms with Gasteiger partial charge in [-0.3, -0.25) is 19.2 Å². The molecule has 44 heavy (non-hydrogen) atoms. The summed E-state index contributed by atoms with van der Waals surface area (Å²) in [5.74, 6) is -2.58. The Morgan fingerprint density at radius 2 is 1.80 bits per heavy atom. The molecule has 0 bridgehead atoms. The number of rotatable bonds is 7. The first-order chi connectivity index (χ1) is 21.0. The number of hydrogen-bond donors (Lipinski definition) is 3. The fourth-order valence-electron chi connectivity index (χ4n) is 5.59. The van der Waals surface area contributed by atoms with Crippen molar-refractivity contribution in [2.24, 2.45) is 5.92 Å². The van der Waals surface area contributed by atoms with E-state index in [1.54, 1.807) is 36.4 Å². The van der Waals surface area contributed by atoms with E-state index in [1.807, 2.05) is 6.92 Å². The number of esters is 1. The summed E-state index contributed by atoms with van der Waals surface area (Å²) in [6, 6.07) is 9.05. The Hall–Kier alpha value is -4.65. The fourth-order valence-corrected chi connectivity index (χ4v) is 5.77. The number of carbonyl (C=O) groups excluding carboxylic acids is 5. The number of nitrogens with one attached hydrogen (secondary N) is 2. The van der Waals surface area contributed by atoms with E-state index in [0.29, 0.717) is 34.7 Å². The van der Waals surface area contributed by atoms with Gasteiger partial charge in [-0.2, -0.15) is 0 Å². The zero-order valence-corrected chi connectivity index (χ0v) is 24.8. The van der Waals surface area contributed by atoms with Crippen LogP contribution >= 0.6 is 11.6 Å². The third-order valence-corrected chi connectivity index (χ3v) is 8.59. The van der Waals surface area contributed by atoms with E-state index in [9.17, 15) is 28.8 Å². The molecule has 14 heteroatoms. The summed E-state index contributed by atoms with van der Waals surface area (Å²) in [4.78, 5) is 78.7. The van der Waals surface area contributed by atoms with Crippen LogP contribution < -0.4 is 10.6 Å². The van der Waals surface area contributed by atoms with Crippen molar-refractivity contribution in [3.05, 3.63) is 63.7 Å². The number of halogens is 1. The molecule has 2 saturated heterocycles. The fraction of sp³-hybridized carbons (Fsp3) is 0.400. The predicted molar refractivity (Wildman–Crippen MR) is 157 cm³/mol. The Labute approximate surface area is 258 Å². The molecule has 2 aromatic carbocycles. The van der Waals surface area contributed by atoms with Gasteiger partial charge in [0.15, 0.2) is 6.73 Å². The first-order valence-electron chi connectivity index (χ1n) is 14.2. The normalized spacial score (nSPS) is 18.7. The summed E-state index contributed by atoms with van der Waals surface area (Å²) < 4.78 is 5.30. The van der Waals surface area contributed by atoms with E-state index in [1.165, 1.54) is 9.80 Å². The largest absolute Gasteiger partial charge is 0.465 e. The Balaban J connectivity index is 1.16. The number of piperidine rings is 2. The highest BCUT2D eigenvalue weighted by Crippen LogP contribution is 2.30. The molecule has 2 fully saturated rings. The molecule has 5 rings (SSSR count). The van der Waals surface area contributed by atoms with Crippen molar-refractivity contribution in [3.63, 3.8) is 0 Å². The summed E-state index contributed by atoms with van der Waals surface area (Å²) in [5, 5.41) is 15.1. The van der Waals surface area contributed by atoms with Crippen LogP contribution in [0.1, 0.15) is 52.7 Å². The molecule has 3 heterocycles. The average molecular weight is 626 g/mol. The number of benzene rings is 2. The molecule has 0 radical (unpaired) electrons. The van der Waals surface area contributed by atoms with Crippen LogP contribution in [0.15, 0.2) is 36.4 Å². The van der Waals surface area contributed by atoms with Crippen molar-refractivity contribution in [2.75, 3.05) is 25.1 Å².